The molecule has 0 bridgehead atoms. The van der Waals surface area contributed by atoms with Gasteiger partial charge in [-0.25, -0.2) is 8.78 Å². The molecule has 1 N–H and O–H groups in total. The van der Waals surface area contributed by atoms with E-state index in [1.807, 2.05) is 0 Å². The van der Waals surface area contributed by atoms with E-state index in [1.165, 1.54) is 19.4 Å². The molecule has 2 heterocycles. The molecule has 194 valence electrons. The Labute approximate surface area is 220 Å². The second kappa shape index (κ2) is 11.5. The van der Waals surface area contributed by atoms with Crippen molar-refractivity contribution in [3.63, 3.8) is 0 Å². The Morgan fingerprint density at radius 2 is 2.03 bits per heavy atom. The Balaban J connectivity index is 1.41. The molecule has 1 aliphatic heterocycles. The minimum Gasteiger partial charge on any atom is -0.497 e. The van der Waals surface area contributed by atoms with Gasteiger partial charge in [0.05, 0.1) is 29.6 Å². The molecule has 0 unspecified atom stereocenters. The van der Waals surface area contributed by atoms with Crippen LogP contribution < -0.4 is 4.74 Å². The van der Waals surface area contributed by atoms with Crippen molar-refractivity contribution in [2.24, 2.45) is 5.41 Å². The molecule has 0 spiro atoms. The van der Waals surface area contributed by atoms with Crippen molar-refractivity contribution in [3.05, 3.63) is 70.1 Å². The molecule has 2 aromatic carbocycles. The Morgan fingerprint density at radius 3 is 2.70 bits per heavy atom. The largest absolute Gasteiger partial charge is 0.497 e. The van der Waals surface area contributed by atoms with Gasteiger partial charge in [0, 0.05) is 35.8 Å². The molecule has 4 rings (SSSR count). The average molecular weight is 527 g/mol. The summed E-state index contributed by atoms with van der Waals surface area (Å²) in [7, 11) is 1.53. The number of pyridine rings is 1. The highest BCUT2D eigenvalue weighted by Gasteiger charge is 2.41. The van der Waals surface area contributed by atoms with E-state index in [2.05, 4.69) is 21.7 Å². The lowest BCUT2D eigenvalue weighted by Gasteiger charge is -2.38. The van der Waals surface area contributed by atoms with Crippen LogP contribution in [-0.2, 0) is 4.79 Å². The second-order valence-electron chi connectivity index (χ2n) is 9.54. The summed E-state index contributed by atoms with van der Waals surface area (Å²) < 4.78 is 34.6. The maximum Gasteiger partial charge on any atom is 0.309 e. The lowest BCUT2D eigenvalue weighted by molar-refractivity contribution is -0.152. The zero-order chi connectivity index (χ0) is 26.6. The van der Waals surface area contributed by atoms with E-state index in [1.54, 1.807) is 37.3 Å². The Bertz CT molecular complexity index is 1360. The molecule has 5 nitrogen and oxygen atoms in total. The lowest BCUT2D eigenvalue weighted by atomic mass is 9.74. The maximum atomic E-state index is 15.6. The molecule has 0 aliphatic carbocycles. The number of aromatic nitrogens is 1. The third-order valence-corrected chi connectivity index (χ3v) is 7.53. The van der Waals surface area contributed by atoms with Gasteiger partial charge < -0.3 is 9.84 Å². The number of piperidine rings is 1. The van der Waals surface area contributed by atoms with E-state index in [0.29, 0.717) is 65.8 Å². The minimum absolute atomic E-state index is 0.0289. The summed E-state index contributed by atoms with van der Waals surface area (Å²) in [6.07, 6.45) is 0.996. The lowest BCUT2D eigenvalue weighted by Crippen LogP contribution is -2.44. The van der Waals surface area contributed by atoms with Gasteiger partial charge in [0.25, 0.3) is 0 Å². The normalized spacial score (nSPS) is 16.1. The number of carbonyl (C=O) groups is 1. The Hall–Kier alpha value is -3.21. The van der Waals surface area contributed by atoms with Crippen molar-refractivity contribution in [3.8, 4) is 17.6 Å². The highest BCUT2D eigenvalue weighted by molar-refractivity contribution is 6.32. The highest BCUT2D eigenvalue weighted by Crippen LogP contribution is 2.42. The number of likely N-dealkylation sites (tertiary alicyclic amines) is 1. The molecule has 3 aromatic rings. The fourth-order valence-electron chi connectivity index (χ4n) is 4.79. The number of hydrogen-bond acceptors (Lipinski definition) is 4. The number of methoxy groups -OCH3 is 1. The van der Waals surface area contributed by atoms with Crippen LogP contribution in [0.25, 0.3) is 10.9 Å². The van der Waals surface area contributed by atoms with Crippen LogP contribution in [0.3, 0.4) is 0 Å². The fraction of sp³-hybridized carbons (Fsp3) is 0.379. The first-order valence-corrected chi connectivity index (χ1v) is 12.6. The molecule has 8 heteroatoms. The highest BCUT2D eigenvalue weighted by atomic mass is 35.5. The molecule has 1 fully saturated rings. The van der Waals surface area contributed by atoms with E-state index in [0.717, 1.165) is 0 Å². The van der Waals surface area contributed by atoms with Crippen LogP contribution in [0.2, 0.25) is 5.02 Å². The smallest absolute Gasteiger partial charge is 0.309 e. The predicted molar refractivity (Wildman–Crippen MR) is 140 cm³/mol. The molecule has 1 saturated heterocycles. The van der Waals surface area contributed by atoms with Gasteiger partial charge in [-0.15, -0.1) is 0 Å². The van der Waals surface area contributed by atoms with Gasteiger partial charge in [0.2, 0.25) is 0 Å². The van der Waals surface area contributed by atoms with Gasteiger partial charge in [-0.1, -0.05) is 29.5 Å². The van der Waals surface area contributed by atoms with Crippen molar-refractivity contribution >= 4 is 28.5 Å². The van der Waals surface area contributed by atoms with Crippen LogP contribution in [0.15, 0.2) is 42.6 Å². The van der Waals surface area contributed by atoms with E-state index in [4.69, 9.17) is 16.3 Å². The SMILES string of the molecule is COc1ccc2ncc(Cl)c([C@H](F)CCC3(C(=O)O)CCN(CC#Cc4ccc(C)c(F)c4)CC3)c2c1. The molecule has 0 radical (unpaired) electrons. The molecule has 1 aliphatic rings. The third-order valence-electron chi connectivity index (χ3n) is 7.23. The van der Waals surface area contributed by atoms with Gasteiger partial charge in [-0.05, 0) is 68.5 Å². The van der Waals surface area contributed by atoms with Gasteiger partial charge in [-0.2, -0.15) is 0 Å². The number of aliphatic carboxylic acids is 1. The zero-order valence-electron chi connectivity index (χ0n) is 20.9. The zero-order valence-corrected chi connectivity index (χ0v) is 21.6. The monoisotopic (exact) mass is 526 g/mol. The van der Waals surface area contributed by atoms with Crippen LogP contribution in [0.5, 0.6) is 5.75 Å². The van der Waals surface area contributed by atoms with Crippen molar-refractivity contribution in [2.75, 3.05) is 26.7 Å². The molecule has 1 atom stereocenters. The quantitative estimate of drug-likeness (QED) is 0.363. The van der Waals surface area contributed by atoms with E-state index in [9.17, 15) is 14.3 Å². The Morgan fingerprint density at radius 1 is 1.27 bits per heavy atom. The molecular formula is C29H29ClF2N2O3. The summed E-state index contributed by atoms with van der Waals surface area (Å²) in [4.78, 5) is 18.6. The van der Waals surface area contributed by atoms with Gasteiger partial charge in [0.15, 0.2) is 0 Å². The molecule has 1 aromatic heterocycles. The summed E-state index contributed by atoms with van der Waals surface area (Å²) in [5, 5.41) is 10.8. The first kappa shape index (κ1) is 26.8. The summed E-state index contributed by atoms with van der Waals surface area (Å²) in [5.41, 5.74) is 1.07. The van der Waals surface area contributed by atoms with Gasteiger partial charge in [-0.3, -0.25) is 14.7 Å². The van der Waals surface area contributed by atoms with Crippen LogP contribution >= 0.6 is 11.6 Å². The minimum atomic E-state index is -1.44. The number of hydrogen-bond donors (Lipinski definition) is 1. The van der Waals surface area contributed by atoms with Crippen molar-refractivity contribution in [2.45, 2.75) is 38.8 Å². The number of rotatable bonds is 7. The number of aryl methyl sites for hydroxylation is 1. The number of nitrogens with zero attached hydrogens (tertiary/aromatic N) is 2. The van der Waals surface area contributed by atoms with Gasteiger partial charge >= 0.3 is 5.97 Å². The fourth-order valence-corrected chi connectivity index (χ4v) is 5.06. The predicted octanol–water partition coefficient (Wildman–Crippen LogP) is 6.35. The molecular weight excluding hydrogens is 498 g/mol. The van der Waals surface area contributed by atoms with Crippen LogP contribution in [0, 0.1) is 30.0 Å². The van der Waals surface area contributed by atoms with E-state index in [-0.39, 0.29) is 23.7 Å². The van der Waals surface area contributed by atoms with Crippen LogP contribution in [0.1, 0.15) is 48.5 Å². The van der Waals surface area contributed by atoms with Crippen LogP contribution in [-0.4, -0.2) is 47.7 Å². The van der Waals surface area contributed by atoms with E-state index >= 15 is 4.39 Å². The number of ether oxygens (including phenoxy) is 1. The first-order chi connectivity index (χ1) is 17.7. The number of carboxylic acid groups (broad SMARTS) is 1. The summed E-state index contributed by atoms with van der Waals surface area (Å²) in [5.74, 6) is 5.38. The number of carboxylic acids is 1. The summed E-state index contributed by atoms with van der Waals surface area (Å²) in [6, 6.07) is 10.1. The van der Waals surface area contributed by atoms with E-state index < -0.39 is 17.6 Å². The first-order valence-electron chi connectivity index (χ1n) is 12.2. The number of fused-ring (bicyclic) bond motifs is 1. The van der Waals surface area contributed by atoms with Gasteiger partial charge in [0.1, 0.15) is 17.7 Å². The summed E-state index contributed by atoms with van der Waals surface area (Å²) in [6.45, 7) is 3.23. The third kappa shape index (κ3) is 6.03. The molecule has 37 heavy (non-hydrogen) atoms. The number of benzene rings is 2. The number of alkyl halides is 1. The molecule has 0 amide bonds. The van der Waals surface area contributed by atoms with Crippen molar-refractivity contribution in [1.29, 1.82) is 0 Å². The number of halogens is 3. The summed E-state index contributed by atoms with van der Waals surface area (Å²) >= 11 is 6.34. The average Bonchev–Trinajstić information content (AvgIpc) is 2.89. The second-order valence-corrected chi connectivity index (χ2v) is 9.94. The topological polar surface area (TPSA) is 62.7 Å². The van der Waals surface area contributed by atoms with Crippen LogP contribution in [0.4, 0.5) is 8.78 Å². The molecule has 0 saturated carbocycles. The van der Waals surface area contributed by atoms with Crippen molar-refractivity contribution < 1.29 is 23.4 Å². The maximum absolute atomic E-state index is 15.6. The Kier molecular flexibility index (Phi) is 8.31. The standard InChI is InChI=1S/C29H29ClF2N2O3/c1-19-5-6-20(16-25(19)32)4-3-13-34-14-11-29(12-15-34,28(35)36)10-9-24(31)27-22-17-21(37-2)7-8-26(22)33-18-23(27)30/h5-8,16-18,24H,9-15H2,1-2H3,(H,35,36)/t24-/m1/s1. The van der Waals surface area contributed by atoms with Crippen molar-refractivity contribution in [1.82, 2.24) is 9.88 Å².